The van der Waals surface area contributed by atoms with Gasteiger partial charge in [0.25, 0.3) is 0 Å². The Morgan fingerprint density at radius 2 is 2.19 bits per heavy atom. The summed E-state index contributed by atoms with van der Waals surface area (Å²) in [5.74, 6) is 0. The fourth-order valence-corrected chi connectivity index (χ4v) is 3.10. The molecule has 0 fully saturated rings. The summed E-state index contributed by atoms with van der Waals surface area (Å²) in [6.07, 6.45) is 0.719. The Morgan fingerprint density at radius 3 is 2.86 bits per heavy atom. The number of thiazole rings is 1. The highest BCUT2D eigenvalue weighted by atomic mass is 32.1. The molecule has 8 heteroatoms. The zero-order valence-electron chi connectivity index (χ0n) is 12.5. The number of carbonyl (C=O) groups is 2. The molecule has 4 amide bonds. The molecule has 2 rings (SSSR count). The van der Waals surface area contributed by atoms with Crippen molar-refractivity contribution in [3.63, 3.8) is 0 Å². The Labute approximate surface area is 128 Å². The minimum atomic E-state index is -0.253. The number of amides is 4. The number of nitrogens with one attached hydrogen (secondary N) is 3. The van der Waals surface area contributed by atoms with Crippen molar-refractivity contribution < 1.29 is 9.59 Å². The van der Waals surface area contributed by atoms with Gasteiger partial charge in [-0.05, 0) is 20.8 Å². The number of carbonyl (C=O) groups excluding carboxylic acids is 2. The molecule has 1 aliphatic heterocycles. The van der Waals surface area contributed by atoms with E-state index in [1.165, 1.54) is 11.3 Å². The van der Waals surface area contributed by atoms with Crippen molar-refractivity contribution in [3.05, 3.63) is 10.6 Å². The Balaban J connectivity index is 1.99. The first kappa shape index (κ1) is 15.6. The molecular formula is C13H21N5O2S. The van der Waals surface area contributed by atoms with Crippen LogP contribution >= 0.6 is 11.3 Å². The highest BCUT2D eigenvalue weighted by molar-refractivity contribution is 7.15. The van der Waals surface area contributed by atoms with Gasteiger partial charge in [-0.15, -0.1) is 0 Å². The van der Waals surface area contributed by atoms with Crippen LogP contribution in [0.1, 0.15) is 31.3 Å². The molecule has 0 saturated heterocycles. The van der Waals surface area contributed by atoms with E-state index in [9.17, 15) is 9.59 Å². The number of hydrogen-bond acceptors (Lipinski definition) is 4. The quantitative estimate of drug-likeness (QED) is 0.795. The molecule has 7 nitrogen and oxygen atoms in total. The van der Waals surface area contributed by atoms with E-state index in [1.807, 2.05) is 20.8 Å². The number of hydrogen-bond donors (Lipinski definition) is 3. The Hall–Kier alpha value is -1.83. The fraction of sp³-hybridized carbons (Fsp3) is 0.615. The molecule has 0 spiro atoms. The van der Waals surface area contributed by atoms with Crippen molar-refractivity contribution in [2.45, 2.75) is 39.8 Å². The SMILES string of the molecule is CCNC(=O)N1CCc2nc(NC(=O)NC(C)C)sc2C1. The van der Waals surface area contributed by atoms with Crippen LogP contribution in [0.25, 0.3) is 0 Å². The number of fused-ring (bicyclic) bond motifs is 1. The third-order valence-electron chi connectivity index (χ3n) is 2.99. The van der Waals surface area contributed by atoms with E-state index < -0.39 is 0 Å². The smallest absolute Gasteiger partial charge is 0.321 e. The van der Waals surface area contributed by atoms with E-state index in [0.717, 1.165) is 17.0 Å². The van der Waals surface area contributed by atoms with E-state index in [-0.39, 0.29) is 18.1 Å². The van der Waals surface area contributed by atoms with Gasteiger partial charge < -0.3 is 15.5 Å². The average molecular weight is 311 g/mol. The van der Waals surface area contributed by atoms with Crippen LogP contribution in [-0.2, 0) is 13.0 Å². The summed E-state index contributed by atoms with van der Waals surface area (Å²) < 4.78 is 0. The van der Waals surface area contributed by atoms with Gasteiger partial charge in [-0.3, -0.25) is 5.32 Å². The maximum absolute atomic E-state index is 11.8. The second kappa shape index (κ2) is 6.75. The number of nitrogens with zero attached hydrogens (tertiary/aromatic N) is 2. The van der Waals surface area contributed by atoms with Crippen LogP contribution < -0.4 is 16.0 Å². The van der Waals surface area contributed by atoms with Crippen LogP contribution in [-0.4, -0.2) is 41.1 Å². The summed E-state index contributed by atoms with van der Waals surface area (Å²) in [4.78, 5) is 30.7. The predicted molar refractivity (Wildman–Crippen MR) is 82.6 cm³/mol. The lowest BCUT2D eigenvalue weighted by atomic mass is 10.2. The molecule has 0 saturated carbocycles. The minimum Gasteiger partial charge on any atom is -0.338 e. The van der Waals surface area contributed by atoms with E-state index in [0.29, 0.717) is 24.8 Å². The third-order valence-corrected chi connectivity index (χ3v) is 3.98. The zero-order valence-corrected chi connectivity index (χ0v) is 13.3. The maximum Gasteiger partial charge on any atom is 0.321 e. The van der Waals surface area contributed by atoms with Gasteiger partial charge in [0.05, 0.1) is 12.2 Å². The van der Waals surface area contributed by atoms with Crippen LogP contribution in [0.5, 0.6) is 0 Å². The largest absolute Gasteiger partial charge is 0.338 e. The van der Waals surface area contributed by atoms with Gasteiger partial charge in [-0.2, -0.15) is 0 Å². The number of urea groups is 2. The molecule has 1 aromatic heterocycles. The summed E-state index contributed by atoms with van der Waals surface area (Å²) in [7, 11) is 0. The maximum atomic E-state index is 11.8. The van der Waals surface area contributed by atoms with Crippen molar-refractivity contribution in [1.29, 1.82) is 0 Å². The monoisotopic (exact) mass is 311 g/mol. The third kappa shape index (κ3) is 4.07. The molecule has 0 aromatic carbocycles. The standard InChI is InChI=1S/C13H21N5O2S/c1-4-14-13(20)18-6-5-9-10(7-18)21-12(16-9)17-11(19)15-8(2)3/h8H,4-7H2,1-3H3,(H,14,20)(H2,15,16,17,19). The van der Waals surface area contributed by atoms with Gasteiger partial charge in [-0.25, -0.2) is 14.6 Å². The highest BCUT2D eigenvalue weighted by Gasteiger charge is 2.24. The Kier molecular flexibility index (Phi) is 5.00. The van der Waals surface area contributed by atoms with Crippen molar-refractivity contribution in [2.24, 2.45) is 0 Å². The molecule has 2 heterocycles. The Morgan fingerprint density at radius 1 is 1.43 bits per heavy atom. The van der Waals surface area contributed by atoms with Gasteiger partial charge >= 0.3 is 12.1 Å². The van der Waals surface area contributed by atoms with Gasteiger partial charge in [0.2, 0.25) is 0 Å². The molecule has 21 heavy (non-hydrogen) atoms. The van der Waals surface area contributed by atoms with E-state index in [2.05, 4.69) is 20.9 Å². The van der Waals surface area contributed by atoms with Crippen LogP contribution in [0.2, 0.25) is 0 Å². The predicted octanol–water partition coefficient (Wildman–Crippen LogP) is 1.76. The summed E-state index contributed by atoms with van der Waals surface area (Å²) in [6, 6.07) is -0.229. The topological polar surface area (TPSA) is 86.4 Å². The van der Waals surface area contributed by atoms with Crippen molar-refractivity contribution in [3.8, 4) is 0 Å². The molecule has 0 bridgehead atoms. The first-order valence-corrected chi connectivity index (χ1v) is 7.90. The Bertz CT molecular complexity index is 529. The molecule has 0 aliphatic carbocycles. The molecule has 0 unspecified atom stereocenters. The normalized spacial score (nSPS) is 13.8. The lowest BCUT2D eigenvalue weighted by Crippen LogP contribution is -2.42. The summed E-state index contributed by atoms with van der Waals surface area (Å²) in [5.41, 5.74) is 0.973. The molecule has 0 atom stereocenters. The van der Waals surface area contributed by atoms with Gasteiger partial charge in [0, 0.05) is 30.4 Å². The van der Waals surface area contributed by atoms with Crippen LogP contribution in [0.15, 0.2) is 0 Å². The second-order valence-electron chi connectivity index (χ2n) is 5.15. The van der Waals surface area contributed by atoms with E-state index in [4.69, 9.17) is 0 Å². The molecule has 116 valence electrons. The van der Waals surface area contributed by atoms with Crippen LogP contribution in [0.3, 0.4) is 0 Å². The molecular weight excluding hydrogens is 290 g/mol. The van der Waals surface area contributed by atoms with Gasteiger partial charge in [0.15, 0.2) is 5.13 Å². The van der Waals surface area contributed by atoms with Crippen molar-refractivity contribution in [2.75, 3.05) is 18.4 Å². The van der Waals surface area contributed by atoms with Gasteiger partial charge in [0.1, 0.15) is 0 Å². The van der Waals surface area contributed by atoms with Crippen LogP contribution in [0, 0.1) is 0 Å². The van der Waals surface area contributed by atoms with Gasteiger partial charge in [-0.1, -0.05) is 11.3 Å². The second-order valence-corrected chi connectivity index (χ2v) is 6.23. The highest BCUT2D eigenvalue weighted by Crippen LogP contribution is 2.28. The summed E-state index contributed by atoms with van der Waals surface area (Å²) >= 11 is 1.43. The zero-order chi connectivity index (χ0) is 15.4. The number of anilines is 1. The lowest BCUT2D eigenvalue weighted by molar-refractivity contribution is 0.193. The number of rotatable bonds is 3. The first-order chi connectivity index (χ1) is 9.99. The van der Waals surface area contributed by atoms with E-state index in [1.54, 1.807) is 4.90 Å². The van der Waals surface area contributed by atoms with E-state index >= 15 is 0 Å². The lowest BCUT2D eigenvalue weighted by Gasteiger charge is -2.25. The molecule has 3 N–H and O–H groups in total. The fourth-order valence-electron chi connectivity index (χ4n) is 2.08. The summed E-state index contributed by atoms with van der Waals surface area (Å²) in [5, 5.41) is 8.87. The first-order valence-electron chi connectivity index (χ1n) is 7.08. The molecule has 1 aliphatic rings. The van der Waals surface area contributed by atoms with Crippen LogP contribution in [0.4, 0.5) is 14.7 Å². The molecule has 1 aromatic rings. The minimum absolute atomic E-state index is 0.0522. The molecule has 0 radical (unpaired) electrons. The number of aromatic nitrogens is 1. The average Bonchev–Trinajstić information content (AvgIpc) is 2.78. The van der Waals surface area contributed by atoms with Crippen molar-refractivity contribution in [1.82, 2.24) is 20.5 Å². The summed E-state index contributed by atoms with van der Waals surface area (Å²) in [6.45, 7) is 7.52. The van der Waals surface area contributed by atoms with Crippen molar-refractivity contribution >= 4 is 28.5 Å².